The first-order chi connectivity index (χ1) is 15.1. The lowest BCUT2D eigenvalue weighted by molar-refractivity contribution is -0.147. The van der Waals surface area contributed by atoms with Crippen molar-refractivity contribution in [2.24, 2.45) is 17.8 Å². The fourth-order valence-corrected chi connectivity index (χ4v) is 5.92. The Bertz CT molecular complexity index is 1010. The minimum atomic E-state index is -1.64. The number of benzene rings is 2. The zero-order chi connectivity index (χ0) is 21.4. The molecule has 0 spiro atoms. The second kappa shape index (κ2) is 8.23. The van der Waals surface area contributed by atoms with Gasteiger partial charge < -0.3 is 10.0 Å². The summed E-state index contributed by atoms with van der Waals surface area (Å²) in [4.78, 5) is 17.8. The Kier molecular flexibility index (Phi) is 5.42. The molecule has 0 bridgehead atoms. The molecule has 1 aliphatic carbocycles. The first kappa shape index (κ1) is 20.4. The lowest BCUT2D eigenvalue weighted by Crippen LogP contribution is -2.47. The number of likely N-dealkylation sites (N-methyl/N-ethyl adjacent to an activating group) is 1. The number of fused-ring (bicyclic) bond motifs is 1. The van der Waals surface area contributed by atoms with Crippen molar-refractivity contribution in [1.29, 1.82) is 0 Å². The highest BCUT2D eigenvalue weighted by Gasteiger charge is 2.56. The van der Waals surface area contributed by atoms with Gasteiger partial charge >= 0.3 is 0 Å². The molecule has 2 fully saturated rings. The molecule has 1 amide bonds. The summed E-state index contributed by atoms with van der Waals surface area (Å²) in [5.74, 6) is 1.60. The molecule has 2 aliphatic rings. The number of aliphatic hydroxyl groups is 1. The normalized spacial score (nSPS) is 24.4. The fourth-order valence-electron chi connectivity index (χ4n) is 5.22. The predicted octanol–water partition coefficient (Wildman–Crippen LogP) is 3.82. The van der Waals surface area contributed by atoms with Gasteiger partial charge in [0, 0.05) is 38.8 Å². The molecule has 3 aromatic rings. The van der Waals surface area contributed by atoms with Gasteiger partial charge in [-0.1, -0.05) is 60.7 Å². The van der Waals surface area contributed by atoms with Gasteiger partial charge in [-0.3, -0.25) is 9.69 Å². The number of carbonyl (C=O) groups is 1. The molecular formula is C26H28N2O2S. The predicted molar refractivity (Wildman–Crippen MR) is 124 cm³/mol. The second-order valence-electron chi connectivity index (χ2n) is 8.95. The van der Waals surface area contributed by atoms with E-state index < -0.39 is 5.60 Å². The third kappa shape index (κ3) is 3.82. The molecule has 160 valence electrons. The number of hydrogen-bond acceptors (Lipinski definition) is 4. The topological polar surface area (TPSA) is 43.8 Å². The van der Waals surface area contributed by atoms with Crippen LogP contribution in [0.2, 0.25) is 0 Å². The summed E-state index contributed by atoms with van der Waals surface area (Å²) in [6, 6.07) is 21.8. The largest absolute Gasteiger partial charge is 0.372 e. The van der Waals surface area contributed by atoms with Gasteiger partial charge in [0.05, 0.1) is 0 Å². The molecule has 0 radical (unpaired) electrons. The van der Waals surface area contributed by atoms with Crippen LogP contribution >= 0.6 is 11.3 Å². The van der Waals surface area contributed by atoms with E-state index in [0.29, 0.717) is 35.4 Å². The Morgan fingerprint density at radius 1 is 1.03 bits per heavy atom. The van der Waals surface area contributed by atoms with Crippen molar-refractivity contribution in [1.82, 2.24) is 9.80 Å². The lowest BCUT2D eigenvalue weighted by Gasteiger charge is -2.32. The van der Waals surface area contributed by atoms with Crippen LogP contribution in [0.5, 0.6) is 0 Å². The average Bonchev–Trinajstić information content (AvgIpc) is 3.21. The van der Waals surface area contributed by atoms with E-state index in [-0.39, 0.29) is 5.91 Å². The van der Waals surface area contributed by atoms with Gasteiger partial charge in [0.25, 0.3) is 5.91 Å². The maximum Gasteiger partial charge on any atom is 0.263 e. The third-order valence-electron chi connectivity index (χ3n) is 6.97. The second-order valence-corrected chi connectivity index (χ2v) is 9.73. The van der Waals surface area contributed by atoms with Crippen LogP contribution in [0.15, 0.2) is 77.5 Å². The molecule has 5 rings (SSSR count). The minimum Gasteiger partial charge on any atom is -0.372 e. The number of amides is 1. The zero-order valence-corrected chi connectivity index (χ0v) is 18.5. The van der Waals surface area contributed by atoms with Crippen molar-refractivity contribution in [3.8, 4) is 0 Å². The first-order valence-electron chi connectivity index (χ1n) is 10.9. The number of nitrogens with zero attached hydrogens (tertiary/aromatic N) is 2. The van der Waals surface area contributed by atoms with Crippen LogP contribution in [0.4, 0.5) is 0 Å². The monoisotopic (exact) mass is 432 g/mol. The fraction of sp³-hybridized carbons (Fsp3) is 0.346. The van der Waals surface area contributed by atoms with Crippen molar-refractivity contribution in [3.05, 3.63) is 94.2 Å². The van der Waals surface area contributed by atoms with E-state index in [1.807, 2.05) is 54.2 Å². The minimum absolute atomic E-state index is 0.247. The zero-order valence-electron chi connectivity index (χ0n) is 17.7. The summed E-state index contributed by atoms with van der Waals surface area (Å²) in [5, 5.41) is 15.4. The van der Waals surface area contributed by atoms with Gasteiger partial charge in [-0.2, -0.15) is 11.3 Å². The van der Waals surface area contributed by atoms with Crippen molar-refractivity contribution in [3.63, 3.8) is 0 Å². The summed E-state index contributed by atoms with van der Waals surface area (Å²) in [7, 11) is 1.83. The van der Waals surface area contributed by atoms with E-state index in [4.69, 9.17) is 0 Å². The Balaban J connectivity index is 1.24. The molecular weight excluding hydrogens is 404 g/mol. The molecule has 1 aromatic heterocycles. The highest BCUT2D eigenvalue weighted by Crippen LogP contribution is 2.52. The summed E-state index contributed by atoms with van der Waals surface area (Å²) in [6.45, 7) is 3.90. The van der Waals surface area contributed by atoms with Crippen LogP contribution in [-0.2, 0) is 16.9 Å². The Labute approximate surface area is 187 Å². The molecule has 1 N–H and O–H groups in total. The quantitative estimate of drug-likeness (QED) is 0.617. The summed E-state index contributed by atoms with van der Waals surface area (Å²) in [6.07, 6.45) is 0. The molecule has 5 heteroatoms. The van der Waals surface area contributed by atoms with E-state index >= 15 is 0 Å². The molecule has 2 heterocycles. The SMILES string of the molecule is CN(CC1C2CN(Cc3ccccc3)CC21)C(=O)C(O)(c1ccccc1)c1ccsc1. The van der Waals surface area contributed by atoms with Gasteiger partial charge in [0.15, 0.2) is 5.60 Å². The van der Waals surface area contributed by atoms with Gasteiger partial charge in [-0.05, 0) is 45.7 Å². The number of likely N-dealkylation sites (tertiary alicyclic amines) is 1. The van der Waals surface area contributed by atoms with Crippen LogP contribution < -0.4 is 0 Å². The first-order valence-corrected chi connectivity index (χ1v) is 11.8. The van der Waals surface area contributed by atoms with Crippen molar-refractivity contribution < 1.29 is 9.90 Å². The average molecular weight is 433 g/mol. The Morgan fingerprint density at radius 2 is 1.68 bits per heavy atom. The van der Waals surface area contributed by atoms with Crippen LogP contribution in [0.25, 0.3) is 0 Å². The number of hydrogen-bond donors (Lipinski definition) is 1. The highest BCUT2D eigenvalue weighted by atomic mass is 32.1. The van der Waals surface area contributed by atoms with E-state index in [1.165, 1.54) is 16.9 Å². The molecule has 31 heavy (non-hydrogen) atoms. The number of piperidine rings is 1. The Hall–Kier alpha value is -2.47. The molecule has 1 aliphatic heterocycles. The van der Waals surface area contributed by atoms with Gasteiger partial charge in [0.1, 0.15) is 0 Å². The summed E-state index contributed by atoms with van der Waals surface area (Å²) in [5.41, 5.74) is 0.983. The summed E-state index contributed by atoms with van der Waals surface area (Å²) < 4.78 is 0. The van der Waals surface area contributed by atoms with E-state index in [0.717, 1.165) is 19.6 Å². The molecule has 1 saturated carbocycles. The standard InChI is InChI=1S/C26H28N2O2S/c1-27(15-22-23-16-28(17-24(22)23)14-19-8-4-2-5-9-19)25(29)26(30,21-12-13-31-18-21)20-10-6-3-7-11-20/h2-13,18,22-24,30H,14-17H2,1H3. The summed E-state index contributed by atoms with van der Waals surface area (Å²) >= 11 is 1.49. The molecule has 1 saturated heterocycles. The van der Waals surface area contributed by atoms with E-state index in [9.17, 15) is 9.90 Å². The number of thiophene rings is 1. The Morgan fingerprint density at radius 3 is 2.29 bits per heavy atom. The van der Waals surface area contributed by atoms with Crippen molar-refractivity contribution in [2.75, 3.05) is 26.7 Å². The maximum atomic E-state index is 13.5. The lowest BCUT2D eigenvalue weighted by atomic mass is 9.86. The molecule has 2 aromatic carbocycles. The third-order valence-corrected chi connectivity index (χ3v) is 7.65. The number of carbonyl (C=O) groups excluding carboxylic acids is 1. The number of rotatable bonds is 7. The highest BCUT2D eigenvalue weighted by molar-refractivity contribution is 7.08. The molecule has 4 nitrogen and oxygen atoms in total. The van der Waals surface area contributed by atoms with Crippen LogP contribution in [0.3, 0.4) is 0 Å². The smallest absolute Gasteiger partial charge is 0.263 e. The van der Waals surface area contributed by atoms with Gasteiger partial charge in [-0.15, -0.1) is 0 Å². The van der Waals surface area contributed by atoms with Gasteiger partial charge in [-0.25, -0.2) is 0 Å². The van der Waals surface area contributed by atoms with Crippen LogP contribution in [-0.4, -0.2) is 47.5 Å². The van der Waals surface area contributed by atoms with Crippen molar-refractivity contribution in [2.45, 2.75) is 12.1 Å². The molecule has 3 atom stereocenters. The van der Waals surface area contributed by atoms with Crippen LogP contribution in [0, 0.1) is 17.8 Å². The van der Waals surface area contributed by atoms with Crippen LogP contribution in [0.1, 0.15) is 16.7 Å². The van der Waals surface area contributed by atoms with E-state index in [2.05, 4.69) is 35.2 Å². The van der Waals surface area contributed by atoms with E-state index in [1.54, 1.807) is 4.90 Å². The molecule has 3 unspecified atom stereocenters. The maximum absolute atomic E-state index is 13.5. The van der Waals surface area contributed by atoms with Gasteiger partial charge in [0.2, 0.25) is 0 Å². The van der Waals surface area contributed by atoms with Crippen molar-refractivity contribution >= 4 is 17.2 Å².